The number of rotatable bonds is 8. The van der Waals surface area contributed by atoms with Crippen LogP contribution in [0.25, 0.3) is 10.9 Å². The van der Waals surface area contributed by atoms with Crippen molar-refractivity contribution in [2.45, 2.75) is 26.3 Å². The molecule has 0 saturated heterocycles. The Hall–Kier alpha value is -3.74. The van der Waals surface area contributed by atoms with E-state index in [0.29, 0.717) is 25.3 Å². The molecular weight excluding hydrogens is 408 g/mol. The molecule has 7 nitrogen and oxygen atoms in total. The van der Waals surface area contributed by atoms with E-state index in [0.717, 1.165) is 27.8 Å². The van der Waals surface area contributed by atoms with Crippen molar-refractivity contribution in [2.75, 3.05) is 20.3 Å². The van der Waals surface area contributed by atoms with Crippen LogP contribution in [0.3, 0.4) is 0 Å². The van der Waals surface area contributed by atoms with Gasteiger partial charge in [-0.25, -0.2) is 0 Å². The van der Waals surface area contributed by atoms with Gasteiger partial charge in [0.15, 0.2) is 11.5 Å². The topological polar surface area (TPSA) is 91.9 Å². The van der Waals surface area contributed by atoms with Gasteiger partial charge in [-0.1, -0.05) is 12.1 Å². The zero-order chi connectivity index (χ0) is 22.8. The highest BCUT2D eigenvalue weighted by atomic mass is 16.5. The van der Waals surface area contributed by atoms with E-state index in [2.05, 4.69) is 4.98 Å². The molecule has 2 N–H and O–H groups in total. The summed E-state index contributed by atoms with van der Waals surface area (Å²) in [5, 5.41) is 11.5. The zero-order valence-corrected chi connectivity index (χ0v) is 18.3. The van der Waals surface area contributed by atoms with Gasteiger partial charge in [0, 0.05) is 23.6 Å². The number of carbonyl (C=O) groups excluding carboxylic acids is 2. The number of benzene rings is 2. The highest BCUT2D eigenvalue weighted by Gasteiger charge is 2.42. The average molecular weight is 434 g/mol. The third-order valence-corrected chi connectivity index (χ3v) is 5.79. The fourth-order valence-corrected chi connectivity index (χ4v) is 4.24. The largest absolute Gasteiger partial charge is 0.503 e. The van der Waals surface area contributed by atoms with Crippen molar-refractivity contribution in [2.24, 2.45) is 0 Å². The lowest BCUT2D eigenvalue weighted by Crippen LogP contribution is -2.32. The average Bonchev–Trinajstić information content (AvgIpc) is 3.31. The Kier molecular flexibility index (Phi) is 5.90. The Morgan fingerprint density at radius 1 is 1.16 bits per heavy atom. The molecule has 32 heavy (non-hydrogen) atoms. The molecule has 0 radical (unpaired) electrons. The second-order valence-electron chi connectivity index (χ2n) is 7.70. The standard InChI is InChI=1S/C25H26N2O5/c1-4-32-18-7-5-16(6-8-18)23-22(15(2)28)24(29)25(30)27(23)12-11-17-14-26-21-10-9-19(31-3)13-20(17)21/h5-10,13-14,23,26,29H,4,11-12H2,1-3H3/t23-/m0/s1. The maximum Gasteiger partial charge on any atom is 0.290 e. The van der Waals surface area contributed by atoms with E-state index in [1.165, 1.54) is 6.92 Å². The lowest BCUT2D eigenvalue weighted by molar-refractivity contribution is -0.129. The third-order valence-electron chi connectivity index (χ3n) is 5.79. The first kappa shape index (κ1) is 21.5. The van der Waals surface area contributed by atoms with E-state index in [4.69, 9.17) is 9.47 Å². The molecule has 2 heterocycles. The second kappa shape index (κ2) is 8.78. The number of aromatic nitrogens is 1. The summed E-state index contributed by atoms with van der Waals surface area (Å²) in [7, 11) is 1.62. The lowest BCUT2D eigenvalue weighted by atomic mass is 9.96. The minimum absolute atomic E-state index is 0.125. The van der Waals surface area contributed by atoms with Gasteiger partial charge >= 0.3 is 0 Å². The molecule has 1 atom stereocenters. The molecule has 1 aromatic heterocycles. The molecule has 3 aromatic rings. The van der Waals surface area contributed by atoms with Crippen LogP contribution in [0.4, 0.5) is 0 Å². The molecule has 0 spiro atoms. The first-order valence-electron chi connectivity index (χ1n) is 10.6. The van der Waals surface area contributed by atoms with E-state index < -0.39 is 17.7 Å². The molecule has 2 aromatic carbocycles. The number of fused-ring (bicyclic) bond motifs is 1. The summed E-state index contributed by atoms with van der Waals surface area (Å²) in [5.41, 5.74) is 2.87. The number of aliphatic hydroxyl groups excluding tert-OH is 1. The number of hydrogen-bond donors (Lipinski definition) is 2. The van der Waals surface area contributed by atoms with Gasteiger partial charge in [-0.3, -0.25) is 9.59 Å². The molecule has 1 aliphatic rings. The summed E-state index contributed by atoms with van der Waals surface area (Å²) in [6.45, 7) is 4.15. The number of Topliss-reactive ketones (excluding diaryl/α,β-unsaturated/α-hetero) is 1. The number of ether oxygens (including phenoxy) is 2. The summed E-state index contributed by atoms with van der Waals surface area (Å²) in [5.74, 6) is 0.121. The first-order chi connectivity index (χ1) is 15.4. The molecule has 0 unspecified atom stereocenters. The van der Waals surface area contributed by atoms with Crippen molar-refractivity contribution >= 4 is 22.6 Å². The maximum atomic E-state index is 12.9. The number of hydrogen-bond acceptors (Lipinski definition) is 5. The third kappa shape index (κ3) is 3.82. The Morgan fingerprint density at radius 2 is 1.88 bits per heavy atom. The van der Waals surface area contributed by atoms with Crippen LogP contribution in [0.15, 0.2) is 60.0 Å². The Morgan fingerprint density at radius 3 is 2.53 bits per heavy atom. The second-order valence-corrected chi connectivity index (χ2v) is 7.70. The van der Waals surface area contributed by atoms with E-state index >= 15 is 0 Å². The summed E-state index contributed by atoms with van der Waals surface area (Å²) >= 11 is 0. The van der Waals surface area contributed by atoms with Crippen molar-refractivity contribution in [3.63, 3.8) is 0 Å². The highest BCUT2D eigenvalue weighted by Crippen LogP contribution is 2.38. The van der Waals surface area contributed by atoms with Crippen LogP contribution >= 0.6 is 0 Å². The molecule has 0 aliphatic carbocycles. The summed E-state index contributed by atoms with van der Waals surface area (Å²) < 4.78 is 10.8. The van der Waals surface area contributed by atoms with Gasteiger partial charge in [-0.15, -0.1) is 0 Å². The van der Waals surface area contributed by atoms with E-state index in [-0.39, 0.29) is 11.4 Å². The molecule has 166 valence electrons. The smallest absolute Gasteiger partial charge is 0.290 e. The number of nitrogens with one attached hydrogen (secondary N) is 1. The van der Waals surface area contributed by atoms with Gasteiger partial charge in [0.1, 0.15) is 11.5 Å². The van der Waals surface area contributed by atoms with E-state index in [9.17, 15) is 14.7 Å². The van der Waals surface area contributed by atoms with Gasteiger partial charge in [-0.2, -0.15) is 0 Å². The molecule has 0 fully saturated rings. The van der Waals surface area contributed by atoms with Crippen LogP contribution in [0, 0.1) is 0 Å². The molecule has 4 rings (SSSR count). The monoisotopic (exact) mass is 434 g/mol. The first-order valence-corrected chi connectivity index (χ1v) is 10.6. The van der Waals surface area contributed by atoms with Crippen LogP contribution in [-0.2, 0) is 16.0 Å². The number of H-pyrrole nitrogens is 1. The van der Waals surface area contributed by atoms with Crippen molar-refractivity contribution in [3.8, 4) is 11.5 Å². The number of aliphatic hydroxyl groups is 1. The molecule has 7 heteroatoms. The molecule has 0 saturated carbocycles. The fraction of sp³-hybridized carbons (Fsp3) is 0.280. The number of methoxy groups -OCH3 is 1. The number of carbonyl (C=O) groups is 2. The van der Waals surface area contributed by atoms with Gasteiger partial charge in [-0.05, 0) is 61.7 Å². The van der Waals surface area contributed by atoms with Gasteiger partial charge in [0.25, 0.3) is 5.91 Å². The van der Waals surface area contributed by atoms with Gasteiger partial charge < -0.3 is 24.5 Å². The summed E-state index contributed by atoms with van der Waals surface area (Å²) in [6, 6.07) is 12.4. The van der Waals surface area contributed by atoms with Crippen LogP contribution in [-0.4, -0.2) is 46.9 Å². The predicted molar refractivity (Wildman–Crippen MR) is 121 cm³/mol. The fourth-order valence-electron chi connectivity index (χ4n) is 4.24. The van der Waals surface area contributed by atoms with Crippen molar-refractivity contribution in [3.05, 3.63) is 71.1 Å². The predicted octanol–water partition coefficient (Wildman–Crippen LogP) is 4.10. The number of amides is 1. The van der Waals surface area contributed by atoms with Crippen molar-refractivity contribution in [1.29, 1.82) is 0 Å². The summed E-state index contributed by atoms with van der Waals surface area (Å²) in [6.07, 6.45) is 2.46. The molecular formula is C25H26N2O5. The van der Waals surface area contributed by atoms with Crippen LogP contribution in [0.1, 0.15) is 31.0 Å². The summed E-state index contributed by atoms with van der Waals surface area (Å²) in [4.78, 5) is 30.0. The zero-order valence-electron chi connectivity index (χ0n) is 18.3. The van der Waals surface area contributed by atoms with Crippen LogP contribution in [0.2, 0.25) is 0 Å². The Balaban J connectivity index is 1.64. The number of nitrogens with zero attached hydrogens (tertiary/aromatic N) is 1. The molecule has 0 bridgehead atoms. The number of aromatic amines is 1. The SMILES string of the molecule is CCOc1ccc([C@H]2C(C(C)=O)=C(O)C(=O)N2CCc2c[nH]c3ccc(OC)cc23)cc1. The molecule has 1 aliphatic heterocycles. The van der Waals surface area contributed by atoms with E-state index in [1.807, 2.05) is 43.5 Å². The van der Waals surface area contributed by atoms with E-state index in [1.54, 1.807) is 24.1 Å². The van der Waals surface area contributed by atoms with Gasteiger partial charge in [0.2, 0.25) is 0 Å². The maximum absolute atomic E-state index is 12.9. The van der Waals surface area contributed by atoms with Crippen molar-refractivity contribution < 1.29 is 24.2 Å². The Labute approximate surface area is 186 Å². The molecule has 1 amide bonds. The Bertz CT molecular complexity index is 1190. The van der Waals surface area contributed by atoms with Crippen molar-refractivity contribution in [1.82, 2.24) is 9.88 Å². The highest BCUT2D eigenvalue weighted by molar-refractivity contribution is 6.08. The van der Waals surface area contributed by atoms with Crippen LogP contribution < -0.4 is 9.47 Å². The lowest BCUT2D eigenvalue weighted by Gasteiger charge is -2.26. The minimum Gasteiger partial charge on any atom is -0.503 e. The quantitative estimate of drug-likeness (QED) is 0.557. The minimum atomic E-state index is -0.643. The number of ketones is 1. The van der Waals surface area contributed by atoms with Gasteiger partial charge in [0.05, 0.1) is 25.3 Å². The van der Waals surface area contributed by atoms with Crippen LogP contribution in [0.5, 0.6) is 11.5 Å². The normalized spacial score (nSPS) is 16.2.